The lowest BCUT2D eigenvalue weighted by Gasteiger charge is -2.30. The Labute approximate surface area is 146 Å². The molecule has 1 aromatic carbocycles. The van der Waals surface area contributed by atoms with Crippen molar-refractivity contribution in [1.29, 1.82) is 0 Å². The van der Waals surface area contributed by atoms with Crippen LogP contribution in [-0.4, -0.2) is 41.5 Å². The molecule has 6 heteroatoms. The van der Waals surface area contributed by atoms with Crippen molar-refractivity contribution in [3.05, 3.63) is 47.0 Å². The zero-order valence-electron chi connectivity index (χ0n) is 13.5. The van der Waals surface area contributed by atoms with Gasteiger partial charge in [0, 0.05) is 17.6 Å². The van der Waals surface area contributed by atoms with Gasteiger partial charge in [-0.05, 0) is 44.0 Å². The maximum atomic E-state index is 12.7. The number of carboxylic acid groups (broad SMARTS) is 1. The number of allylic oxidation sites excluding steroid dienone is 2. The molecule has 3 rings (SSSR count). The molecular weight excluding hydrogens is 328 g/mol. The van der Waals surface area contributed by atoms with E-state index in [4.69, 9.17) is 11.6 Å². The van der Waals surface area contributed by atoms with E-state index < -0.39 is 11.4 Å². The molecule has 0 unspecified atom stereocenters. The summed E-state index contributed by atoms with van der Waals surface area (Å²) in [5.41, 5.74) is -0.287. The van der Waals surface area contributed by atoms with E-state index in [0.29, 0.717) is 5.02 Å². The largest absolute Gasteiger partial charge is 0.480 e. The zero-order valence-corrected chi connectivity index (χ0v) is 14.3. The predicted molar refractivity (Wildman–Crippen MR) is 91.8 cm³/mol. The molecule has 2 aliphatic rings. The van der Waals surface area contributed by atoms with E-state index in [1.54, 1.807) is 12.2 Å². The molecule has 24 heavy (non-hydrogen) atoms. The van der Waals surface area contributed by atoms with Crippen LogP contribution in [0.5, 0.6) is 0 Å². The van der Waals surface area contributed by atoms with Gasteiger partial charge in [0.15, 0.2) is 5.41 Å². The van der Waals surface area contributed by atoms with E-state index in [2.05, 4.69) is 10.2 Å². The lowest BCUT2D eigenvalue weighted by molar-refractivity contribution is -0.155. The lowest BCUT2D eigenvalue weighted by atomic mass is 9.84. The third-order valence-electron chi connectivity index (χ3n) is 5.12. The minimum absolute atomic E-state index is 0.0198. The third-order valence-corrected chi connectivity index (χ3v) is 5.37. The van der Waals surface area contributed by atoms with Crippen molar-refractivity contribution in [2.75, 3.05) is 13.6 Å². The lowest BCUT2D eigenvalue weighted by Crippen LogP contribution is -2.49. The monoisotopic (exact) mass is 348 g/mol. The number of carboxylic acids is 1. The first-order chi connectivity index (χ1) is 11.4. The Kier molecular flexibility index (Phi) is 4.65. The van der Waals surface area contributed by atoms with Gasteiger partial charge in [-0.3, -0.25) is 14.5 Å². The normalized spacial score (nSPS) is 25.8. The Bertz CT molecular complexity index is 663. The van der Waals surface area contributed by atoms with Crippen LogP contribution in [0.15, 0.2) is 36.4 Å². The van der Waals surface area contributed by atoms with Gasteiger partial charge in [-0.25, -0.2) is 0 Å². The number of rotatable bonds is 4. The number of hydrogen-bond donors (Lipinski definition) is 2. The van der Waals surface area contributed by atoms with Crippen LogP contribution in [0, 0.1) is 5.41 Å². The molecule has 2 atom stereocenters. The van der Waals surface area contributed by atoms with Gasteiger partial charge < -0.3 is 10.4 Å². The number of halogens is 1. The zero-order chi connectivity index (χ0) is 17.3. The van der Waals surface area contributed by atoms with Crippen molar-refractivity contribution in [3.63, 3.8) is 0 Å². The molecule has 0 aromatic heterocycles. The van der Waals surface area contributed by atoms with Gasteiger partial charge in [-0.15, -0.1) is 0 Å². The third kappa shape index (κ3) is 2.94. The molecule has 128 valence electrons. The number of hydrogen-bond acceptors (Lipinski definition) is 3. The molecule has 0 saturated carbocycles. The molecule has 1 heterocycles. The summed E-state index contributed by atoms with van der Waals surface area (Å²) in [7, 11) is 2.01. The Hall–Kier alpha value is -1.85. The summed E-state index contributed by atoms with van der Waals surface area (Å²) in [5, 5.41) is 13.2. The molecule has 1 aliphatic heterocycles. The summed E-state index contributed by atoms with van der Waals surface area (Å²) in [5.74, 6) is -1.45. The second-order valence-corrected chi connectivity index (χ2v) is 7.05. The first-order valence-electron chi connectivity index (χ1n) is 8.09. The fourth-order valence-electron chi connectivity index (χ4n) is 3.66. The Balaban J connectivity index is 1.79. The van der Waals surface area contributed by atoms with Crippen LogP contribution in [0.1, 0.15) is 30.9 Å². The molecule has 1 aliphatic carbocycles. The maximum Gasteiger partial charge on any atom is 0.319 e. The number of amides is 1. The van der Waals surface area contributed by atoms with Crippen LogP contribution in [-0.2, 0) is 9.59 Å². The first kappa shape index (κ1) is 17.0. The summed E-state index contributed by atoms with van der Waals surface area (Å²) in [6, 6.07) is 7.49. The van der Waals surface area contributed by atoms with Gasteiger partial charge in [0.25, 0.3) is 0 Å². The van der Waals surface area contributed by atoms with E-state index >= 15 is 0 Å². The van der Waals surface area contributed by atoms with Crippen molar-refractivity contribution < 1.29 is 14.7 Å². The summed E-state index contributed by atoms with van der Waals surface area (Å²) in [4.78, 5) is 26.6. The summed E-state index contributed by atoms with van der Waals surface area (Å²) < 4.78 is 0. The van der Waals surface area contributed by atoms with E-state index in [-0.39, 0.29) is 30.8 Å². The van der Waals surface area contributed by atoms with Crippen LogP contribution in [0.3, 0.4) is 0 Å². The number of likely N-dealkylation sites (N-methyl/N-ethyl adjacent to an activating group) is 1. The molecular formula is C18H21ClN2O3. The second kappa shape index (κ2) is 6.57. The number of benzene rings is 1. The molecule has 2 N–H and O–H groups in total. The van der Waals surface area contributed by atoms with Gasteiger partial charge in [0.05, 0.1) is 6.04 Å². The van der Waals surface area contributed by atoms with Crippen LogP contribution in [0.25, 0.3) is 0 Å². The highest BCUT2D eigenvalue weighted by atomic mass is 35.5. The van der Waals surface area contributed by atoms with Crippen LogP contribution >= 0.6 is 11.6 Å². The molecule has 1 aromatic rings. The minimum Gasteiger partial charge on any atom is -0.480 e. The quantitative estimate of drug-likeness (QED) is 0.648. The number of nitrogens with zero attached hydrogens (tertiary/aromatic N) is 1. The summed E-state index contributed by atoms with van der Waals surface area (Å²) in [6.07, 6.45) is 4.83. The maximum absolute atomic E-state index is 12.7. The number of nitrogens with one attached hydrogen (secondary N) is 1. The molecule has 1 saturated heterocycles. The minimum atomic E-state index is -1.36. The van der Waals surface area contributed by atoms with E-state index in [9.17, 15) is 14.7 Å². The van der Waals surface area contributed by atoms with Crippen LogP contribution in [0.4, 0.5) is 0 Å². The van der Waals surface area contributed by atoms with Crippen molar-refractivity contribution in [2.45, 2.75) is 31.3 Å². The smallest absolute Gasteiger partial charge is 0.319 e. The summed E-state index contributed by atoms with van der Waals surface area (Å²) in [6.45, 7) is 0.844. The average molecular weight is 349 g/mol. The highest BCUT2D eigenvalue weighted by molar-refractivity contribution is 6.30. The Morgan fingerprint density at radius 3 is 2.46 bits per heavy atom. The van der Waals surface area contributed by atoms with Crippen LogP contribution in [0.2, 0.25) is 5.02 Å². The van der Waals surface area contributed by atoms with Crippen molar-refractivity contribution in [2.24, 2.45) is 5.41 Å². The molecule has 0 bridgehead atoms. The molecule has 5 nitrogen and oxygen atoms in total. The average Bonchev–Trinajstić information content (AvgIpc) is 3.17. The Morgan fingerprint density at radius 2 is 1.88 bits per heavy atom. The van der Waals surface area contributed by atoms with Crippen LogP contribution < -0.4 is 5.32 Å². The van der Waals surface area contributed by atoms with Gasteiger partial charge in [0.2, 0.25) is 5.91 Å². The van der Waals surface area contributed by atoms with Crippen molar-refractivity contribution in [3.8, 4) is 0 Å². The topological polar surface area (TPSA) is 69.6 Å². The van der Waals surface area contributed by atoms with Gasteiger partial charge in [-0.1, -0.05) is 35.9 Å². The van der Waals surface area contributed by atoms with Crippen molar-refractivity contribution >= 4 is 23.5 Å². The van der Waals surface area contributed by atoms with Gasteiger partial charge in [-0.2, -0.15) is 0 Å². The first-order valence-corrected chi connectivity index (χ1v) is 8.47. The number of carbonyl (C=O) groups is 2. The summed E-state index contributed by atoms with van der Waals surface area (Å²) >= 11 is 5.96. The van der Waals surface area contributed by atoms with E-state index in [1.165, 1.54) is 0 Å². The highest BCUT2D eigenvalue weighted by Crippen LogP contribution is 2.36. The SMILES string of the molecule is CN1CC[C@@H](NC(=O)C2(C(=O)O)CC=CC2)[C@@H]1c1ccc(Cl)cc1. The number of carbonyl (C=O) groups excluding carboxylic acids is 1. The Morgan fingerprint density at radius 1 is 1.25 bits per heavy atom. The molecule has 0 spiro atoms. The molecule has 1 amide bonds. The highest BCUT2D eigenvalue weighted by Gasteiger charge is 2.48. The molecule has 0 radical (unpaired) electrons. The molecule has 1 fully saturated rings. The fraction of sp³-hybridized carbons (Fsp3) is 0.444. The second-order valence-electron chi connectivity index (χ2n) is 6.61. The predicted octanol–water partition coefficient (Wildman–Crippen LogP) is 2.62. The van der Waals surface area contributed by atoms with Crippen molar-refractivity contribution in [1.82, 2.24) is 10.2 Å². The van der Waals surface area contributed by atoms with E-state index in [1.807, 2.05) is 31.3 Å². The van der Waals surface area contributed by atoms with Gasteiger partial charge in [0.1, 0.15) is 0 Å². The standard InChI is InChI=1S/C18H21ClN2O3/c1-21-11-8-14(15(21)12-4-6-13(19)7-5-12)20-16(22)18(17(23)24)9-2-3-10-18/h2-7,14-15H,8-11H2,1H3,(H,20,22)(H,23,24)/t14-,15+/m1/s1. The number of likely N-dealkylation sites (tertiary alicyclic amines) is 1. The van der Waals surface area contributed by atoms with Gasteiger partial charge >= 0.3 is 5.97 Å². The fourth-order valence-corrected chi connectivity index (χ4v) is 3.79. The van der Waals surface area contributed by atoms with E-state index in [0.717, 1.165) is 18.5 Å². The number of aliphatic carboxylic acids is 1.